The topological polar surface area (TPSA) is 92.4 Å². The van der Waals surface area contributed by atoms with Crippen LogP contribution in [0, 0.1) is 13.8 Å². The molecule has 0 spiro atoms. The predicted molar refractivity (Wildman–Crippen MR) is 81.1 cm³/mol. The highest BCUT2D eigenvalue weighted by Gasteiger charge is 2.18. The zero-order chi connectivity index (χ0) is 15.2. The second-order valence-corrected chi connectivity index (χ2v) is 6.75. The third-order valence-corrected chi connectivity index (χ3v) is 4.80. The van der Waals surface area contributed by atoms with Crippen LogP contribution in [0.2, 0.25) is 0 Å². The number of benzene rings is 1. The van der Waals surface area contributed by atoms with Gasteiger partial charge in [-0.15, -0.1) is 0 Å². The van der Waals surface area contributed by atoms with Gasteiger partial charge in [0.1, 0.15) is 0 Å². The number of aryl methyl sites for hydroxylation is 1. The minimum Gasteiger partial charge on any atom is -0.398 e. The Morgan fingerprint density at radius 1 is 1.15 bits per heavy atom. The molecule has 0 fully saturated rings. The summed E-state index contributed by atoms with van der Waals surface area (Å²) in [4.78, 5) is 0.255. The van der Waals surface area contributed by atoms with Gasteiger partial charge in [0, 0.05) is 18.8 Å². The number of nitrogens with two attached hydrogens (primary N) is 1. The first kappa shape index (κ1) is 16.9. The van der Waals surface area contributed by atoms with E-state index in [0.29, 0.717) is 17.8 Å². The van der Waals surface area contributed by atoms with E-state index in [4.69, 9.17) is 10.8 Å². The van der Waals surface area contributed by atoms with E-state index < -0.39 is 10.0 Å². The maximum absolute atomic E-state index is 12.2. The van der Waals surface area contributed by atoms with Gasteiger partial charge in [0.05, 0.1) is 4.90 Å². The van der Waals surface area contributed by atoms with Gasteiger partial charge in [-0.25, -0.2) is 13.1 Å². The Kier molecular flexibility index (Phi) is 6.45. The number of nitrogen functional groups attached to an aromatic ring is 1. The van der Waals surface area contributed by atoms with Gasteiger partial charge < -0.3 is 10.8 Å². The van der Waals surface area contributed by atoms with Gasteiger partial charge in [-0.2, -0.15) is 0 Å². The Hall–Kier alpha value is -1.11. The summed E-state index contributed by atoms with van der Waals surface area (Å²) < 4.78 is 27.1. The minimum atomic E-state index is -3.51. The summed E-state index contributed by atoms with van der Waals surface area (Å²) in [6.45, 7) is 4.13. The number of hydrogen-bond donors (Lipinski definition) is 3. The average molecular weight is 300 g/mol. The largest absolute Gasteiger partial charge is 0.398 e. The fourth-order valence-corrected chi connectivity index (χ4v) is 3.44. The van der Waals surface area contributed by atoms with Gasteiger partial charge in [0.25, 0.3) is 0 Å². The molecule has 0 aliphatic heterocycles. The third-order valence-electron chi connectivity index (χ3n) is 3.21. The van der Waals surface area contributed by atoms with Crippen LogP contribution in [0.25, 0.3) is 0 Å². The zero-order valence-corrected chi connectivity index (χ0v) is 13.0. The monoisotopic (exact) mass is 300 g/mol. The van der Waals surface area contributed by atoms with Crippen LogP contribution in [0.15, 0.2) is 17.0 Å². The van der Waals surface area contributed by atoms with E-state index in [9.17, 15) is 8.42 Å². The second-order valence-electron chi connectivity index (χ2n) is 5.01. The van der Waals surface area contributed by atoms with Crippen molar-refractivity contribution in [2.75, 3.05) is 18.9 Å². The van der Waals surface area contributed by atoms with Crippen molar-refractivity contribution >= 4 is 15.7 Å². The fraction of sp³-hybridized carbons (Fsp3) is 0.571. The molecule has 5 nitrogen and oxygen atoms in total. The summed E-state index contributed by atoms with van der Waals surface area (Å²) in [6.07, 6.45) is 3.34. The lowest BCUT2D eigenvalue weighted by Gasteiger charge is -2.12. The molecule has 0 aliphatic rings. The van der Waals surface area contributed by atoms with E-state index in [1.807, 2.05) is 6.92 Å². The van der Waals surface area contributed by atoms with E-state index in [0.717, 1.165) is 31.2 Å². The molecule has 0 aromatic heterocycles. The van der Waals surface area contributed by atoms with Gasteiger partial charge in [-0.05, 0) is 49.9 Å². The Bertz CT molecular complexity index is 542. The molecule has 0 radical (unpaired) electrons. The Morgan fingerprint density at radius 2 is 1.80 bits per heavy atom. The van der Waals surface area contributed by atoms with Crippen LogP contribution < -0.4 is 10.5 Å². The first-order valence-electron chi connectivity index (χ1n) is 6.85. The van der Waals surface area contributed by atoms with Gasteiger partial charge in [0.15, 0.2) is 0 Å². The summed E-state index contributed by atoms with van der Waals surface area (Å²) in [5.41, 5.74) is 7.72. The number of sulfonamides is 1. The number of unbranched alkanes of at least 4 members (excludes halogenated alkanes) is 3. The van der Waals surface area contributed by atoms with Crippen molar-refractivity contribution in [3.8, 4) is 0 Å². The quantitative estimate of drug-likeness (QED) is 0.503. The first-order valence-corrected chi connectivity index (χ1v) is 8.34. The maximum atomic E-state index is 12.2. The van der Waals surface area contributed by atoms with Crippen molar-refractivity contribution in [2.24, 2.45) is 0 Å². The molecule has 6 heteroatoms. The van der Waals surface area contributed by atoms with Crippen molar-refractivity contribution in [1.29, 1.82) is 0 Å². The van der Waals surface area contributed by atoms with Gasteiger partial charge in [-0.3, -0.25) is 0 Å². The molecule has 20 heavy (non-hydrogen) atoms. The number of rotatable bonds is 8. The molecule has 0 heterocycles. The molecule has 0 saturated heterocycles. The number of hydrogen-bond acceptors (Lipinski definition) is 4. The third kappa shape index (κ3) is 4.77. The molecule has 1 rings (SSSR count). The van der Waals surface area contributed by atoms with E-state index in [2.05, 4.69) is 4.72 Å². The van der Waals surface area contributed by atoms with E-state index in [-0.39, 0.29) is 11.5 Å². The van der Waals surface area contributed by atoms with Crippen molar-refractivity contribution in [2.45, 2.75) is 44.4 Å². The lowest BCUT2D eigenvalue weighted by Crippen LogP contribution is -2.25. The number of aliphatic hydroxyl groups excluding tert-OH is 1. The summed E-state index contributed by atoms with van der Waals surface area (Å²) in [6, 6.07) is 3.41. The van der Waals surface area contributed by atoms with Crippen LogP contribution in [-0.4, -0.2) is 26.7 Å². The average Bonchev–Trinajstić information content (AvgIpc) is 2.37. The van der Waals surface area contributed by atoms with Crippen molar-refractivity contribution < 1.29 is 13.5 Å². The Morgan fingerprint density at radius 3 is 2.45 bits per heavy atom. The number of nitrogens with one attached hydrogen (secondary N) is 1. The van der Waals surface area contributed by atoms with Crippen molar-refractivity contribution in [3.63, 3.8) is 0 Å². The highest BCUT2D eigenvalue weighted by atomic mass is 32.2. The van der Waals surface area contributed by atoms with Crippen LogP contribution >= 0.6 is 0 Å². The molecular weight excluding hydrogens is 276 g/mol. The molecule has 1 aromatic rings. The smallest absolute Gasteiger partial charge is 0.240 e. The van der Waals surface area contributed by atoms with Crippen LogP contribution in [0.1, 0.15) is 36.8 Å². The van der Waals surface area contributed by atoms with Gasteiger partial charge in [0.2, 0.25) is 10.0 Å². The fourth-order valence-electron chi connectivity index (χ4n) is 2.01. The summed E-state index contributed by atoms with van der Waals surface area (Å²) in [5, 5.41) is 8.66. The lowest BCUT2D eigenvalue weighted by molar-refractivity contribution is 0.282. The highest BCUT2D eigenvalue weighted by molar-refractivity contribution is 7.89. The van der Waals surface area contributed by atoms with E-state index in [1.54, 1.807) is 19.1 Å². The second kappa shape index (κ2) is 7.61. The van der Waals surface area contributed by atoms with Crippen molar-refractivity contribution in [3.05, 3.63) is 23.3 Å². The molecule has 4 N–H and O–H groups in total. The molecule has 0 amide bonds. The number of anilines is 1. The molecule has 1 aromatic carbocycles. The first-order chi connectivity index (χ1) is 9.38. The van der Waals surface area contributed by atoms with Crippen LogP contribution in [0.5, 0.6) is 0 Å². The van der Waals surface area contributed by atoms with Crippen LogP contribution in [0.3, 0.4) is 0 Å². The molecule has 0 unspecified atom stereocenters. The normalized spacial score (nSPS) is 11.8. The minimum absolute atomic E-state index is 0.188. The number of aliphatic hydroxyl groups is 1. The summed E-state index contributed by atoms with van der Waals surface area (Å²) in [5.74, 6) is 0. The standard InChI is InChI=1S/C14H24N2O3S/c1-11-9-13(15)12(2)14(10-11)20(18,19)16-7-5-3-4-6-8-17/h9-10,16-17H,3-8,15H2,1-2H3. The molecule has 0 atom stereocenters. The van der Waals surface area contributed by atoms with Crippen molar-refractivity contribution in [1.82, 2.24) is 4.72 Å². The molecule has 0 saturated carbocycles. The van der Waals surface area contributed by atoms with Crippen LogP contribution in [0.4, 0.5) is 5.69 Å². The maximum Gasteiger partial charge on any atom is 0.240 e. The Balaban J connectivity index is 2.65. The lowest BCUT2D eigenvalue weighted by atomic mass is 10.1. The SMILES string of the molecule is Cc1cc(N)c(C)c(S(=O)(=O)NCCCCCCO)c1. The Labute approximate surface area is 121 Å². The molecule has 0 aliphatic carbocycles. The summed E-state index contributed by atoms with van der Waals surface area (Å²) in [7, 11) is -3.51. The molecule has 114 valence electrons. The highest BCUT2D eigenvalue weighted by Crippen LogP contribution is 2.22. The van der Waals surface area contributed by atoms with Gasteiger partial charge in [-0.1, -0.05) is 12.8 Å². The molecular formula is C14H24N2O3S. The van der Waals surface area contributed by atoms with Crippen LogP contribution in [-0.2, 0) is 10.0 Å². The van der Waals surface area contributed by atoms with E-state index >= 15 is 0 Å². The summed E-state index contributed by atoms with van der Waals surface area (Å²) >= 11 is 0. The zero-order valence-electron chi connectivity index (χ0n) is 12.1. The molecule has 0 bridgehead atoms. The van der Waals surface area contributed by atoms with E-state index in [1.165, 1.54) is 0 Å². The van der Waals surface area contributed by atoms with Gasteiger partial charge >= 0.3 is 0 Å². The predicted octanol–water partition coefficient (Wildman–Crippen LogP) is 1.72.